The van der Waals surface area contributed by atoms with Gasteiger partial charge in [0.05, 0.1) is 0 Å². The molecule has 0 saturated heterocycles. The van der Waals surface area contributed by atoms with Gasteiger partial charge in [0.1, 0.15) is 0 Å². The highest BCUT2D eigenvalue weighted by Gasteiger charge is 2.54. The molecule has 2 aliphatic rings. The number of rotatable bonds is 2. The van der Waals surface area contributed by atoms with Crippen LogP contribution >= 0.6 is 11.8 Å². The van der Waals surface area contributed by atoms with Crippen LogP contribution in [0.3, 0.4) is 0 Å². The largest absolute Gasteiger partial charge is 0.159 e. The number of hydrogen-bond donors (Lipinski definition) is 0. The van der Waals surface area contributed by atoms with Gasteiger partial charge in [0.2, 0.25) is 0 Å². The highest BCUT2D eigenvalue weighted by molar-refractivity contribution is 8.00. The average molecular weight is 184 g/mol. The third-order valence-electron chi connectivity index (χ3n) is 4.49. The normalized spacial score (nSPS) is 46.0. The number of fused-ring (bicyclic) bond motifs is 2. The van der Waals surface area contributed by atoms with Crippen LogP contribution in [0.1, 0.15) is 46.0 Å². The Bertz CT molecular complexity index is 175. The summed E-state index contributed by atoms with van der Waals surface area (Å²) >= 11 is 2.14. The quantitative estimate of drug-likeness (QED) is 0.630. The van der Waals surface area contributed by atoms with Gasteiger partial charge in [-0.05, 0) is 49.7 Å². The van der Waals surface area contributed by atoms with E-state index in [0.717, 1.165) is 11.3 Å². The van der Waals surface area contributed by atoms with E-state index in [0.29, 0.717) is 4.75 Å². The third kappa shape index (κ3) is 1.05. The molecule has 12 heavy (non-hydrogen) atoms. The standard InChI is InChI=1S/C11H20S/c1-9(2)10-4-6-11(8-10,12-3)7-5-10/h9H,4-8H2,1-3H3. The van der Waals surface area contributed by atoms with Gasteiger partial charge in [0, 0.05) is 4.75 Å². The molecule has 0 N–H and O–H groups in total. The molecule has 1 heteroatoms. The molecule has 2 fully saturated rings. The van der Waals surface area contributed by atoms with E-state index in [4.69, 9.17) is 0 Å². The lowest BCUT2D eigenvalue weighted by molar-refractivity contribution is 0.199. The highest BCUT2D eigenvalue weighted by Crippen LogP contribution is 2.64. The predicted octanol–water partition coefficient (Wildman–Crippen LogP) is 3.71. The van der Waals surface area contributed by atoms with Crippen LogP contribution in [-0.2, 0) is 0 Å². The molecule has 0 unspecified atom stereocenters. The van der Waals surface area contributed by atoms with Crippen molar-refractivity contribution in [3.05, 3.63) is 0 Å². The molecule has 2 bridgehead atoms. The third-order valence-corrected chi connectivity index (χ3v) is 5.91. The lowest BCUT2D eigenvalue weighted by atomic mass is 9.75. The van der Waals surface area contributed by atoms with E-state index < -0.39 is 0 Å². The van der Waals surface area contributed by atoms with Crippen LogP contribution in [0.2, 0.25) is 0 Å². The zero-order valence-corrected chi connectivity index (χ0v) is 9.34. The van der Waals surface area contributed by atoms with E-state index in [9.17, 15) is 0 Å². The first-order valence-electron chi connectivity index (χ1n) is 5.18. The smallest absolute Gasteiger partial charge is 0.0163 e. The first kappa shape index (κ1) is 8.93. The Morgan fingerprint density at radius 2 is 1.67 bits per heavy atom. The minimum Gasteiger partial charge on any atom is -0.159 e. The zero-order chi connectivity index (χ0) is 8.82. The molecule has 0 atom stereocenters. The molecule has 2 aliphatic carbocycles. The molecule has 70 valence electrons. The van der Waals surface area contributed by atoms with Crippen LogP contribution in [0.4, 0.5) is 0 Å². The van der Waals surface area contributed by atoms with Gasteiger partial charge in [0.15, 0.2) is 0 Å². The van der Waals surface area contributed by atoms with Gasteiger partial charge in [-0.2, -0.15) is 11.8 Å². The summed E-state index contributed by atoms with van der Waals surface area (Å²) in [4.78, 5) is 0. The van der Waals surface area contributed by atoms with Crippen molar-refractivity contribution in [2.75, 3.05) is 6.26 Å². The van der Waals surface area contributed by atoms with E-state index in [1.54, 1.807) is 0 Å². The molecule has 2 saturated carbocycles. The van der Waals surface area contributed by atoms with Gasteiger partial charge in [0.25, 0.3) is 0 Å². The summed E-state index contributed by atoms with van der Waals surface area (Å²) < 4.78 is 0.713. The summed E-state index contributed by atoms with van der Waals surface area (Å²) in [5.74, 6) is 0.911. The maximum absolute atomic E-state index is 2.42. The van der Waals surface area contributed by atoms with Crippen molar-refractivity contribution in [3.63, 3.8) is 0 Å². The molecular formula is C11H20S. The fraction of sp³-hybridized carbons (Fsp3) is 1.00. The summed E-state index contributed by atoms with van der Waals surface area (Å²) in [5.41, 5.74) is 0.753. The molecule has 0 aromatic rings. The minimum atomic E-state index is 0.713. The van der Waals surface area contributed by atoms with Crippen molar-refractivity contribution in [1.82, 2.24) is 0 Å². The number of thioether (sulfide) groups is 1. The van der Waals surface area contributed by atoms with E-state index in [1.807, 2.05) is 0 Å². The molecule has 0 amide bonds. The van der Waals surface area contributed by atoms with Crippen LogP contribution in [0.5, 0.6) is 0 Å². The Hall–Kier alpha value is 0.350. The Morgan fingerprint density at radius 3 is 1.92 bits per heavy atom. The van der Waals surface area contributed by atoms with E-state index in [2.05, 4.69) is 31.9 Å². The summed E-state index contributed by atoms with van der Waals surface area (Å²) in [5, 5.41) is 0. The lowest BCUT2D eigenvalue weighted by Crippen LogP contribution is -2.20. The van der Waals surface area contributed by atoms with E-state index in [-0.39, 0.29) is 0 Å². The SMILES string of the molecule is CSC12CCC(C(C)C)(CC1)C2. The van der Waals surface area contributed by atoms with Gasteiger partial charge in [-0.3, -0.25) is 0 Å². The minimum absolute atomic E-state index is 0.713. The second-order valence-corrected chi connectivity index (χ2v) is 6.36. The Kier molecular flexibility index (Phi) is 1.98. The summed E-state index contributed by atoms with van der Waals surface area (Å²) in [6, 6.07) is 0. The van der Waals surface area contributed by atoms with E-state index in [1.165, 1.54) is 32.1 Å². The first-order valence-corrected chi connectivity index (χ1v) is 6.40. The molecule has 0 aromatic carbocycles. The van der Waals surface area contributed by atoms with Crippen molar-refractivity contribution >= 4 is 11.8 Å². The fourth-order valence-electron chi connectivity index (χ4n) is 3.26. The summed E-state index contributed by atoms with van der Waals surface area (Å²) in [6.07, 6.45) is 9.82. The van der Waals surface area contributed by atoms with Gasteiger partial charge in [-0.1, -0.05) is 13.8 Å². The second-order valence-electron chi connectivity index (χ2n) is 5.08. The second kappa shape index (κ2) is 2.67. The molecule has 0 spiro atoms. The maximum Gasteiger partial charge on any atom is 0.0163 e. The van der Waals surface area contributed by atoms with Crippen molar-refractivity contribution < 1.29 is 0 Å². The highest BCUT2D eigenvalue weighted by atomic mass is 32.2. The maximum atomic E-state index is 2.42. The van der Waals surface area contributed by atoms with E-state index >= 15 is 0 Å². The molecule has 0 nitrogen and oxygen atoms in total. The Labute approximate surface area is 80.5 Å². The van der Waals surface area contributed by atoms with Crippen molar-refractivity contribution in [2.24, 2.45) is 11.3 Å². The summed E-state index contributed by atoms with van der Waals surface area (Å²) in [6.45, 7) is 4.84. The van der Waals surface area contributed by atoms with Crippen LogP contribution < -0.4 is 0 Å². The monoisotopic (exact) mass is 184 g/mol. The lowest BCUT2D eigenvalue weighted by Gasteiger charge is -2.30. The van der Waals surface area contributed by atoms with Gasteiger partial charge in [-0.25, -0.2) is 0 Å². The first-order chi connectivity index (χ1) is 5.63. The molecule has 0 heterocycles. The average Bonchev–Trinajstić information content (AvgIpc) is 2.61. The molecular weight excluding hydrogens is 164 g/mol. The van der Waals surface area contributed by atoms with Crippen LogP contribution in [0, 0.1) is 11.3 Å². The fourth-order valence-corrected chi connectivity index (χ4v) is 4.30. The van der Waals surface area contributed by atoms with Gasteiger partial charge < -0.3 is 0 Å². The van der Waals surface area contributed by atoms with Crippen molar-refractivity contribution in [1.29, 1.82) is 0 Å². The molecule has 0 aromatic heterocycles. The number of hydrogen-bond acceptors (Lipinski definition) is 1. The van der Waals surface area contributed by atoms with Crippen LogP contribution in [0.15, 0.2) is 0 Å². The van der Waals surface area contributed by atoms with Crippen LogP contribution in [0.25, 0.3) is 0 Å². The topological polar surface area (TPSA) is 0 Å². The van der Waals surface area contributed by atoms with Crippen LogP contribution in [-0.4, -0.2) is 11.0 Å². The molecule has 0 aliphatic heterocycles. The summed E-state index contributed by atoms with van der Waals surface area (Å²) in [7, 11) is 0. The molecule has 0 radical (unpaired) electrons. The van der Waals surface area contributed by atoms with Crippen molar-refractivity contribution in [3.8, 4) is 0 Å². The molecule has 2 rings (SSSR count). The predicted molar refractivity (Wildman–Crippen MR) is 56.6 cm³/mol. The van der Waals surface area contributed by atoms with Gasteiger partial charge >= 0.3 is 0 Å². The Morgan fingerprint density at radius 1 is 1.08 bits per heavy atom. The Balaban J connectivity index is 2.17. The van der Waals surface area contributed by atoms with Gasteiger partial charge in [-0.15, -0.1) is 0 Å². The zero-order valence-electron chi connectivity index (χ0n) is 8.52. The van der Waals surface area contributed by atoms with Crippen molar-refractivity contribution in [2.45, 2.75) is 50.7 Å².